The minimum Gasteiger partial charge on any atom is -0.369 e. The lowest BCUT2D eigenvalue weighted by Crippen LogP contribution is -2.22. The molecule has 1 fully saturated rings. The Labute approximate surface area is 131 Å². The summed E-state index contributed by atoms with van der Waals surface area (Å²) in [5.74, 6) is 2.52. The van der Waals surface area contributed by atoms with Crippen LogP contribution in [0.25, 0.3) is 0 Å². The summed E-state index contributed by atoms with van der Waals surface area (Å²) in [5.41, 5.74) is 1.61. The molecule has 1 N–H and O–H groups in total. The highest BCUT2D eigenvalue weighted by Crippen LogP contribution is 2.42. The highest BCUT2D eigenvalue weighted by molar-refractivity contribution is 9.10. The lowest BCUT2D eigenvalue weighted by Gasteiger charge is -2.33. The van der Waals surface area contributed by atoms with E-state index < -0.39 is 0 Å². The predicted octanol–water partition coefficient (Wildman–Crippen LogP) is 4.92. The second-order valence-corrected chi connectivity index (χ2v) is 7.31. The maximum atomic E-state index is 4.81. The summed E-state index contributed by atoms with van der Waals surface area (Å²) in [6, 6.07) is 0. The fraction of sp³-hybridized carbons (Fsp3) is 0.750. The summed E-state index contributed by atoms with van der Waals surface area (Å²) in [7, 11) is 0. The SMILES string of the molecule is CCNc1nc(C2CCC(C)(C)CC2)nc(CC)c1Br. The summed E-state index contributed by atoms with van der Waals surface area (Å²) in [4.78, 5) is 9.58. The van der Waals surface area contributed by atoms with Crippen molar-refractivity contribution < 1.29 is 0 Å². The second-order valence-electron chi connectivity index (χ2n) is 6.51. The van der Waals surface area contributed by atoms with Crippen molar-refractivity contribution in [3.05, 3.63) is 16.0 Å². The number of hydrogen-bond donors (Lipinski definition) is 1. The number of hydrogen-bond acceptors (Lipinski definition) is 3. The van der Waals surface area contributed by atoms with Crippen LogP contribution < -0.4 is 5.32 Å². The third-order valence-corrected chi connectivity index (χ3v) is 5.15. The topological polar surface area (TPSA) is 37.8 Å². The summed E-state index contributed by atoms with van der Waals surface area (Å²) >= 11 is 3.63. The molecule has 0 radical (unpaired) electrons. The Morgan fingerprint density at radius 2 is 1.85 bits per heavy atom. The van der Waals surface area contributed by atoms with Crippen molar-refractivity contribution in [3.8, 4) is 0 Å². The Kier molecular flexibility index (Phi) is 5.05. The van der Waals surface area contributed by atoms with Crippen LogP contribution in [0.2, 0.25) is 0 Å². The molecule has 1 saturated carbocycles. The molecule has 0 spiro atoms. The summed E-state index contributed by atoms with van der Waals surface area (Å²) < 4.78 is 1.03. The van der Waals surface area contributed by atoms with Crippen molar-refractivity contribution in [2.45, 2.75) is 65.7 Å². The lowest BCUT2D eigenvalue weighted by molar-refractivity contribution is 0.220. The lowest BCUT2D eigenvalue weighted by atomic mass is 9.73. The summed E-state index contributed by atoms with van der Waals surface area (Å²) in [6.45, 7) is 9.87. The summed E-state index contributed by atoms with van der Waals surface area (Å²) in [5, 5.41) is 3.35. The van der Waals surface area contributed by atoms with Crippen LogP contribution in [0.1, 0.15) is 70.8 Å². The Hall–Kier alpha value is -0.640. The molecule has 1 aromatic heterocycles. The van der Waals surface area contributed by atoms with E-state index in [1.807, 2.05) is 0 Å². The predicted molar refractivity (Wildman–Crippen MR) is 88.3 cm³/mol. The number of halogens is 1. The third kappa shape index (κ3) is 3.51. The molecule has 0 saturated heterocycles. The molecule has 1 heterocycles. The van der Waals surface area contributed by atoms with Gasteiger partial charge < -0.3 is 5.32 Å². The van der Waals surface area contributed by atoms with Gasteiger partial charge in [0.05, 0.1) is 10.2 Å². The largest absolute Gasteiger partial charge is 0.369 e. The van der Waals surface area contributed by atoms with Gasteiger partial charge in [-0.05, 0) is 60.4 Å². The van der Waals surface area contributed by atoms with Gasteiger partial charge in [-0.1, -0.05) is 20.8 Å². The van der Waals surface area contributed by atoms with Crippen LogP contribution >= 0.6 is 15.9 Å². The molecule has 3 nitrogen and oxygen atoms in total. The average molecular weight is 340 g/mol. The van der Waals surface area contributed by atoms with Crippen LogP contribution in [0.15, 0.2) is 4.47 Å². The van der Waals surface area contributed by atoms with Gasteiger partial charge in [0.1, 0.15) is 11.6 Å². The smallest absolute Gasteiger partial charge is 0.144 e. The van der Waals surface area contributed by atoms with E-state index in [9.17, 15) is 0 Å². The van der Waals surface area contributed by atoms with Crippen LogP contribution in [0, 0.1) is 5.41 Å². The molecule has 0 unspecified atom stereocenters. The van der Waals surface area contributed by atoms with Crippen LogP contribution in [0.4, 0.5) is 5.82 Å². The molecule has 4 heteroatoms. The zero-order valence-electron chi connectivity index (χ0n) is 13.1. The fourth-order valence-electron chi connectivity index (χ4n) is 2.87. The first-order valence-electron chi connectivity index (χ1n) is 7.77. The third-order valence-electron chi connectivity index (χ3n) is 4.32. The zero-order chi connectivity index (χ0) is 14.8. The molecule has 1 aromatic rings. The Balaban J connectivity index is 2.25. The van der Waals surface area contributed by atoms with E-state index in [0.29, 0.717) is 11.3 Å². The van der Waals surface area contributed by atoms with Crippen molar-refractivity contribution in [3.63, 3.8) is 0 Å². The van der Waals surface area contributed by atoms with Gasteiger partial charge in [0, 0.05) is 12.5 Å². The van der Waals surface area contributed by atoms with E-state index in [4.69, 9.17) is 9.97 Å². The van der Waals surface area contributed by atoms with Crippen LogP contribution in [0.5, 0.6) is 0 Å². The molecule has 0 atom stereocenters. The van der Waals surface area contributed by atoms with Gasteiger partial charge >= 0.3 is 0 Å². The molecule has 0 amide bonds. The highest BCUT2D eigenvalue weighted by Gasteiger charge is 2.29. The van der Waals surface area contributed by atoms with E-state index in [2.05, 4.69) is 48.9 Å². The van der Waals surface area contributed by atoms with E-state index in [1.54, 1.807) is 0 Å². The molecule has 20 heavy (non-hydrogen) atoms. The van der Waals surface area contributed by atoms with E-state index in [-0.39, 0.29) is 0 Å². The van der Waals surface area contributed by atoms with Crippen LogP contribution in [-0.4, -0.2) is 16.5 Å². The number of aryl methyl sites for hydroxylation is 1. The molecule has 1 aliphatic carbocycles. The van der Waals surface area contributed by atoms with Gasteiger partial charge in [-0.2, -0.15) is 0 Å². The standard InChI is InChI=1S/C16H26BrN3/c1-5-12-13(17)15(18-6-2)20-14(19-12)11-7-9-16(3,4)10-8-11/h11H,5-10H2,1-4H3,(H,18,19,20). The number of aromatic nitrogens is 2. The number of rotatable bonds is 4. The van der Waals surface area contributed by atoms with E-state index >= 15 is 0 Å². The molecule has 0 aliphatic heterocycles. The number of nitrogens with one attached hydrogen (secondary N) is 1. The van der Waals surface area contributed by atoms with E-state index in [1.165, 1.54) is 25.7 Å². The first-order chi connectivity index (χ1) is 9.46. The monoisotopic (exact) mass is 339 g/mol. The Morgan fingerprint density at radius 1 is 1.20 bits per heavy atom. The Bertz CT molecular complexity index is 461. The van der Waals surface area contributed by atoms with Crippen molar-refractivity contribution in [1.29, 1.82) is 0 Å². The zero-order valence-corrected chi connectivity index (χ0v) is 14.7. The van der Waals surface area contributed by atoms with Crippen LogP contribution in [-0.2, 0) is 6.42 Å². The van der Waals surface area contributed by atoms with Gasteiger partial charge in [-0.3, -0.25) is 0 Å². The Morgan fingerprint density at radius 3 is 2.40 bits per heavy atom. The maximum absolute atomic E-state index is 4.81. The molecular weight excluding hydrogens is 314 g/mol. The summed E-state index contributed by atoms with van der Waals surface area (Å²) in [6.07, 6.45) is 5.91. The number of nitrogens with zero attached hydrogens (tertiary/aromatic N) is 2. The van der Waals surface area contributed by atoms with Crippen molar-refractivity contribution in [2.24, 2.45) is 5.41 Å². The normalized spacial score (nSPS) is 19.1. The van der Waals surface area contributed by atoms with E-state index in [0.717, 1.165) is 34.8 Å². The number of anilines is 1. The molecular formula is C16H26BrN3. The van der Waals surface area contributed by atoms with Crippen molar-refractivity contribution in [1.82, 2.24) is 9.97 Å². The quantitative estimate of drug-likeness (QED) is 0.846. The minimum atomic E-state index is 0.490. The fourth-order valence-corrected chi connectivity index (χ4v) is 3.47. The van der Waals surface area contributed by atoms with Gasteiger partial charge in [-0.25, -0.2) is 9.97 Å². The van der Waals surface area contributed by atoms with Gasteiger partial charge in [-0.15, -0.1) is 0 Å². The first kappa shape index (κ1) is 15.7. The van der Waals surface area contributed by atoms with Gasteiger partial charge in [0.2, 0.25) is 0 Å². The highest BCUT2D eigenvalue weighted by atomic mass is 79.9. The average Bonchev–Trinajstić information content (AvgIpc) is 2.41. The molecule has 112 valence electrons. The van der Waals surface area contributed by atoms with Crippen molar-refractivity contribution in [2.75, 3.05) is 11.9 Å². The molecule has 1 aliphatic rings. The second kappa shape index (κ2) is 6.42. The van der Waals surface area contributed by atoms with Gasteiger partial charge in [0.15, 0.2) is 0 Å². The molecule has 0 aromatic carbocycles. The molecule has 2 rings (SSSR count). The first-order valence-corrected chi connectivity index (χ1v) is 8.56. The van der Waals surface area contributed by atoms with Crippen molar-refractivity contribution >= 4 is 21.7 Å². The minimum absolute atomic E-state index is 0.490. The van der Waals surface area contributed by atoms with Gasteiger partial charge in [0.25, 0.3) is 0 Å². The van der Waals surface area contributed by atoms with Crippen LogP contribution in [0.3, 0.4) is 0 Å². The molecule has 0 bridgehead atoms. The maximum Gasteiger partial charge on any atom is 0.144 e.